The molecule has 1 aliphatic heterocycles. The van der Waals surface area contributed by atoms with E-state index in [9.17, 15) is 14.4 Å². The molecule has 0 aliphatic carbocycles. The molecule has 9 heteroatoms. The molecule has 9 nitrogen and oxygen atoms in total. The maximum absolute atomic E-state index is 12.2. The Morgan fingerprint density at radius 3 is 2.91 bits per heavy atom. The molecule has 1 aliphatic rings. The minimum Gasteiger partial charge on any atom is -0.379 e. The molecule has 0 bridgehead atoms. The lowest BCUT2D eigenvalue weighted by Gasteiger charge is -2.32. The number of aromatic nitrogens is 2. The first-order valence-electron chi connectivity index (χ1n) is 7.44. The summed E-state index contributed by atoms with van der Waals surface area (Å²) in [6.07, 6.45) is 0.506. The first kappa shape index (κ1) is 17.4. The molecule has 0 spiro atoms. The Kier molecular flexibility index (Phi) is 6.08. The van der Waals surface area contributed by atoms with Gasteiger partial charge in [-0.3, -0.25) is 14.6 Å². The van der Waals surface area contributed by atoms with Crippen molar-refractivity contribution in [1.82, 2.24) is 20.2 Å². The molecule has 2 rings (SSSR count). The third kappa shape index (κ3) is 5.31. The summed E-state index contributed by atoms with van der Waals surface area (Å²) in [6.45, 7) is 2.22. The highest BCUT2D eigenvalue weighted by atomic mass is 16.5. The van der Waals surface area contributed by atoms with E-state index >= 15 is 0 Å². The van der Waals surface area contributed by atoms with Gasteiger partial charge in [0.2, 0.25) is 0 Å². The van der Waals surface area contributed by atoms with E-state index in [1.165, 1.54) is 0 Å². The van der Waals surface area contributed by atoms with Gasteiger partial charge in [0.1, 0.15) is 5.69 Å². The summed E-state index contributed by atoms with van der Waals surface area (Å²) in [7, 11) is 3.91. The minimum absolute atomic E-state index is 0.0867. The molecule has 1 aromatic rings. The molecule has 2 atom stereocenters. The second-order valence-electron chi connectivity index (χ2n) is 5.66. The van der Waals surface area contributed by atoms with Crippen molar-refractivity contribution in [3.63, 3.8) is 0 Å². The number of nitrogens with zero attached hydrogens (tertiary/aromatic N) is 1. The van der Waals surface area contributed by atoms with Crippen molar-refractivity contribution in [1.29, 1.82) is 0 Å². The molecule has 3 N–H and O–H groups in total. The van der Waals surface area contributed by atoms with E-state index in [1.54, 1.807) is 0 Å². The van der Waals surface area contributed by atoms with Gasteiger partial charge in [0.25, 0.3) is 11.5 Å². The lowest BCUT2D eigenvalue weighted by Crippen LogP contribution is -2.51. The van der Waals surface area contributed by atoms with Crippen LogP contribution in [-0.4, -0.2) is 73.4 Å². The molecule has 0 radical (unpaired) electrons. The second kappa shape index (κ2) is 8.04. The third-order valence-corrected chi connectivity index (χ3v) is 3.48. The first-order valence-corrected chi connectivity index (χ1v) is 7.44. The van der Waals surface area contributed by atoms with Crippen LogP contribution >= 0.6 is 0 Å². The maximum Gasteiger partial charge on any atom is 0.326 e. The molecule has 128 valence electrons. The van der Waals surface area contributed by atoms with E-state index in [1.807, 2.05) is 24.0 Å². The fourth-order valence-corrected chi connectivity index (χ4v) is 2.28. The number of aromatic amines is 2. The quantitative estimate of drug-likeness (QED) is 0.588. The molecule has 1 amide bonds. The summed E-state index contributed by atoms with van der Waals surface area (Å²) in [6, 6.07) is 0.712. The molecule has 1 fully saturated rings. The first-order chi connectivity index (χ1) is 11.0. The van der Waals surface area contributed by atoms with Gasteiger partial charge in [-0.2, -0.15) is 0 Å². The Balaban J connectivity index is 1.98. The summed E-state index contributed by atoms with van der Waals surface area (Å²) in [5, 5.41) is 2.75. The van der Waals surface area contributed by atoms with Gasteiger partial charge in [0.05, 0.1) is 25.4 Å². The van der Waals surface area contributed by atoms with Crippen LogP contribution in [0.15, 0.2) is 15.7 Å². The minimum atomic E-state index is -0.721. The lowest BCUT2D eigenvalue weighted by atomic mass is 10.1. The van der Waals surface area contributed by atoms with E-state index in [0.717, 1.165) is 12.6 Å². The van der Waals surface area contributed by atoms with Gasteiger partial charge < -0.3 is 24.7 Å². The van der Waals surface area contributed by atoms with Crippen molar-refractivity contribution in [2.24, 2.45) is 0 Å². The predicted molar refractivity (Wildman–Crippen MR) is 82.7 cm³/mol. The number of likely N-dealkylation sites (N-methyl/N-ethyl adjacent to an activating group) is 1. The van der Waals surface area contributed by atoms with Crippen molar-refractivity contribution in [3.8, 4) is 0 Å². The van der Waals surface area contributed by atoms with Gasteiger partial charge in [-0.05, 0) is 20.5 Å². The van der Waals surface area contributed by atoms with Crippen LogP contribution in [0.2, 0.25) is 0 Å². The smallest absolute Gasteiger partial charge is 0.326 e. The number of nitrogens with one attached hydrogen (secondary N) is 3. The Morgan fingerprint density at radius 2 is 2.22 bits per heavy atom. The zero-order valence-electron chi connectivity index (χ0n) is 13.3. The molecular formula is C14H22N4O5. The fourth-order valence-electron chi connectivity index (χ4n) is 2.28. The highest BCUT2D eigenvalue weighted by Gasteiger charge is 2.28. The van der Waals surface area contributed by atoms with Crippen LogP contribution in [0.25, 0.3) is 0 Å². The standard InChI is InChI=1S/C14H22N4O5/c1-18(2)4-6-23-11-3-5-22-8-10(11)15-13(20)9-7-12(19)17-14(21)16-9/h7,10-11H,3-6,8H2,1-2H3,(H,15,20)(H2,16,17,19,21)/t10-,11+/m1/s1. The second-order valence-corrected chi connectivity index (χ2v) is 5.66. The zero-order valence-corrected chi connectivity index (χ0v) is 13.3. The van der Waals surface area contributed by atoms with E-state index in [-0.39, 0.29) is 17.8 Å². The zero-order chi connectivity index (χ0) is 16.8. The van der Waals surface area contributed by atoms with Crippen LogP contribution in [0.3, 0.4) is 0 Å². The molecule has 0 aromatic carbocycles. The number of amides is 1. The summed E-state index contributed by atoms with van der Waals surface area (Å²) in [4.78, 5) is 41.0. The van der Waals surface area contributed by atoms with Crippen LogP contribution in [0, 0.1) is 0 Å². The Bertz CT molecular complexity index is 610. The highest BCUT2D eigenvalue weighted by molar-refractivity contribution is 5.92. The Hall–Kier alpha value is -1.97. The molecule has 1 saturated heterocycles. The van der Waals surface area contributed by atoms with E-state index in [2.05, 4.69) is 10.3 Å². The summed E-state index contributed by atoms with van der Waals surface area (Å²) in [5.74, 6) is -0.537. The van der Waals surface area contributed by atoms with Crippen LogP contribution in [-0.2, 0) is 9.47 Å². The summed E-state index contributed by atoms with van der Waals surface area (Å²) in [5.41, 5.74) is -1.43. The van der Waals surface area contributed by atoms with Crippen molar-refractivity contribution in [2.75, 3.05) is 40.5 Å². The molecular weight excluding hydrogens is 304 g/mol. The van der Waals surface area contributed by atoms with Crippen LogP contribution < -0.4 is 16.6 Å². The molecule has 0 unspecified atom stereocenters. The Labute approximate surface area is 133 Å². The average Bonchev–Trinajstić information content (AvgIpc) is 2.47. The third-order valence-electron chi connectivity index (χ3n) is 3.48. The average molecular weight is 326 g/mol. The Morgan fingerprint density at radius 1 is 1.43 bits per heavy atom. The van der Waals surface area contributed by atoms with Crippen molar-refractivity contribution in [3.05, 3.63) is 32.6 Å². The van der Waals surface area contributed by atoms with Gasteiger partial charge >= 0.3 is 5.69 Å². The molecule has 23 heavy (non-hydrogen) atoms. The largest absolute Gasteiger partial charge is 0.379 e. The van der Waals surface area contributed by atoms with Gasteiger partial charge in [0, 0.05) is 19.2 Å². The van der Waals surface area contributed by atoms with Crippen LogP contribution in [0.4, 0.5) is 0 Å². The normalized spacial score (nSPS) is 21.3. The van der Waals surface area contributed by atoms with Crippen molar-refractivity contribution in [2.45, 2.75) is 18.6 Å². The van der Waals surface area contributed by atoms with E-state index < -0.39 is 17.2 Å². The molecule has 0 saturated carbocycles. The number of ether oxygens (including phenoxy) is 2. The topological polar surface area (TPSA) is 117 Å². The fraction of sp³-hybridized carbons (Fsp3) is 0.643. The number of hydrogen-bond acceptors (Lipinski definition) is 6. The lowest BCUT2D eigenvalue weighted by molar-refractivity contribution is -0.0562. The molecule has 2 heterocycles. The number of rotatable bonds is 6. The van der Waals surface area contributed by atoms with Crippen molar-refractivity contribution < 1.29 is 14.3 Å². The van der Waals surface area contributed by atoms with Crippen molar-refractivity contribution >= 4 is 5.91 Å². The highest BCUT2D eigenvalue weighted by Crippen LogP contribution is 2.12. The number of hydrogen-bond donors (Lipinski definition) is 3. The number of H-pyrrole nitrogens is 2. The predicted octanol–water partition coefficient (Wildman–Crippen LogP) is -1.47. The molecule has 1 aromatic heterocycles. The maximum atomic E-state index is 12.2. The monoisotopic (exact) mass is 326 g/mol. The number of carbonyl (C=O) groups is 1. The van der Waals surface area contributed by atoms with Gasteiger partial charge in [0.15, 0.2) is 0 Å². The summed E-state index contributed by atoms with van der Waals surface area (Å²) >= 11 is 0. The van der Waals surface area contributed by atoms with Crippen LogP contribution in [0.1, 0.15) is 16.9 Å². The van der Waals surface area contributed by atoms with Crippen LogP contribution in [0.5, 0.6) is 0 Å². The van der Waals surface area contributed by atoms with Gasteiger partial charge in [-0.25, -0.2) is 4.79 Å². The van der Waals surface area contributed by atoms with E-state index in [4.69, 9.17) is 9.47 Å². The summed E-state index contributed by atoms with van der Waals surface area (Å²) < 4.78 is 11.2. The van der Waals surface area contributed by atoms with E-state index in [0.29, 0.717) is 26.2 Å². The van der Waals surface area contributed by atoms with Gasteiger partial charge in [-0.1, -0.05) is 0 Å². The SMILES string of the molecule is CN(C)CCO[C@H]1CCOC[C@H]1NC(=O)c1cc(=O)[nH]c(=O)[nH]1. The number of carbonyl (C=O) groups excluding carboxylic acids is 1. The van der Waals surface area contributed by atoms with Gasteiger partial charge in [-0.15, -0.1) is 0 Å².